The van der Waals surface area contributed by atoms with E-state index in [1.807, 2.05) is 37.3 Å². The van der Waals surface area contributed by atoms with Crippen molar-refractivity contribution in [3.63, 3.8) is 0 Å². The Bertz CT molecular complexity index is 389. The Morgan fingerprint density at radius 3 is 2.60 bits per heavy atom. The number of ether oxygens (including phenoxy) is 1. The normalized spacial score (nSPS) is 19.6. The van der Waals surface area contributed by atoms with Crippen molar-refractivity contribution in [1.82, 2.24) is 5.32 Å². The van der Waals surface area contributed by atoms with Crippen molar-refractivity contribution in [2.24, 2.45) is 5.41 Å². The van der Waals surface area contributed by atoms with Gasteiger partial charge >= 0.3 is 0 Å². The molecule has 1 aromatic carbocycles. The van der Waals surface area contributed by atoms with Crippen LogP contribution in [0.1, 0.15) is 44.8 Å². The van der Waals surface area contributed by atoms with Crippen LogP contribution in [0.2, 0.25) is 0 Å². The number of hydrogen-bond donors (Lipinski definition) is 2. The molecule has 0 heterocycles. The van der Waals surface area contributed by atoms with Crippen LogP contribution >= 0.6 is 0 Å². The first-order chi connectivity index (χ1) is 9.65. The van der Waals surface area contributed by atoms with E-state index >= 15 is 0 Å². The zero-order valence-corrected chi connectivity index (χ0v) is 12.6. The monoisotopic (exact) mass is 277 g/mol. The van der Waals surface area contributed by atoms with E-state index in [1.165, 1.54) is 19.3 Å². The average Bonchev–Trinajstić information content (AvgIpc) is 3.26. The molecule has 20 heavy (non-hydrogen) atoms. The summed E-state index contributed by atoms with van der Waals surface area (Å²) in [6.45, 7) is 6.28. The van der Waals surface area contributed by atoms with Gasteiger partial charge in [0, 0.05) is 13.1 Å². The molecular formula is C17H27NO2. The molecule has 1 aliphatic rings. The van der Waals surface area contributed by atoms with E-state index in [0.717, 1.165) is 12.1 Å². The van der Waals surface area contributed by atoms with Gasteiger partial charge in [0.2, 0.25) is 0 Å². The molecule has 2 unspecified atom stereocenters. The first kappa shape index (κ1) is 15.5. The molecule has 112 valence electrons. The van der Waals surface area contributed by atoms with Gasteiger partial charge in [-0.25, -0.2) is 0 Å². The van der Waals surface area contributed by atoms with Gasteiger partial charge in [0.15, 0.2) is 0 Å². The fraction of sp³-hybridized carbons (Fsp3) is 0.647. The molecule has 0 saturated heterocycles. The summed E-state index contributed by atoms with van der Waals surface area (Å²) in [7, 11) is 0. The summed E-state index contributed by atoms with van der Waals surface area (Å²) in [5, 5.41) is 13.3. The minimum Gasteiger partial charge on any atom is -0.389 e. The minimum absolute atomic E-state index is 0.0243. The lowest BCUT2D eigenvalue weighted by atomic mass is 10.0. The Morgan fingerprint density at radius 2 is 2.00 bits per heavy atom. The van der Waals surface area contributed by atoms with Crippen LogP contribution in [0.4, 0.5) is 0 Å². The molecule has 0 radical (unpaired) electrons. The predicted molar refractivity (Wildman–Crippen MR) is 81.6 cm³/mol. The van der Waals surface area contributed by atoms with E-state index in [2.05, 4.69) is 12.2 Å². The Labute approximate surface area is 122 Å². The molecule has 0 bridgehead atoms. The number of hydrogen-bond acceptors (Lipinski definition) is 3. The van der Waals surface area contributed by atoms with Crippen LogP contribution in [-0.4, -0.2) is 30.9 Å². The average molecular weight is 277 g/mol. The second kappa shape index (κ2) is 7.21. The first-order valence-corrected chi connectivity index (χ1v) is 7.70. The maximum atomic E-state index is 9.95. The van der Waals surface area contributed by atoms with Gasteiger partial charge in [0.25, 0.3) is 0 Å². The van der Waals surface area contributed by atoms with Gasteiger partial charge < -0.3 is 15.2 Å². The molecule has 3 heteroatoms. The van der Waals surface area contributed by atoms with Crippen LogP contribution in [0.15, 0.2) is 30.3 Å². The summed E-state index contributed by atoms with van der Waals surface area (Å²) in [6, 6.07) is 10.1. The highest BCUT2D eigenvalue weighted by Gasteiger charge is 2.39. The van der Waals surface area contributed by atoms with E-state index in [4.69, 9.17) is 4.74 Å². The van der Waals surface area contributed by atoms with Crippen molar-refractivity contribution >= 4 is 0 Å². The van der Waals surface area contributed by atoms with Crippen molar-refractivity contribution in [2.45, 2.75) is 45.3 Å². The van der Waals surface area contributed by atoms with Crippen LogP contribution in [0.5, 0.6) is 0 Å². The maximum absolute atomic E-state index is 9.95. The predicted octanol–water partition coefficient (Wildman–Crippen LogP) is 2.90. The Hall–Kier alpha value is -0.900. The highest BCUT2D eigenvalue weighted by molar-refractivity contribution is 5.16. The fourth-order valence-electron chi connectivity index (χ4n) is 2.47. The van der Waals surface area contributed by atoms with Crippen LogP contribution in [0, 0.1) is 5.41 Å². The van der Waals surface area contributed by atoms with Gasteiger partial charge in [-0.05, 0) is 37.2 Å². The van der Waals surface area contributed by atoms with Crippen molar-refractivity contribution < 1.29 is 9.84 Å². The second-order valence-corrected chi connectivity index (χ2v) is 6.02. The van der Waals surface area contributed by atoms with Crippen LogP contribution in [-0.2, 0) is 4.74 Å². The summed E-state index contributed by atoms with van der Waals surface area (Å²) >= 11 is 0. The van der Waals surface area contributed by atoms with Crippen molar-refractivity contribution in [1.29, 1.82) is 0 Å². The van der Waals surface area contributed by atoms with E-state index < -0.39 is 6.10 Å². The molecule has 2 N–H and O–H groups in total. The quantitative estimate of drug-likeness (QED) is 0.729. The van der Waals surface area contributed by atoms with E-state index in [0.29, 0.717) is 18.6 Å². The summed E-state index contributed by atoms with van der Waals surface area (Å²) in [4.78, 5) is 0. The fourth-order valence-corrected chi connectivity index (χ4v) is 2.47. The minimum atomic E-state index is -0.436. The van der Waals surface area contributed by atoms with Gasteiger partial charge in [0.1, 0.15) is 0 Å². The lowest BCUT2D eigenvalue weighted by molar-refractivity contribution is -0.00236. The molecule has 2 atom stereocenters. The van der Waals surface area contributed by atoms with Gasteiger partial charge in [-0.1, -0.05) is 37.3 Å². The van der Waals surface area contributed by atoms with Crippen LogP contribution in [0.25, 0.3) is 0 Å². The summed E-state index contributed by atoms with van der Waals surface area (Å²) < 4.78 is 5.72. The highest BCUT2D eigenvalue weighted by atomic mass is 16.5. The number of aliphatic hydroxyl groups is 1. The van der Waals surface area contributed by atoms with Gasteiger partial charge in [0.05, 0.1) is 18.8 Å². The zero-order chi connectivity index (χ0) is 14.4. The molecular weight excluding hydrogens is 250 g/mol. The second-order valence-electron chi connectivity index (χ2n) is 6.02. The summed E-state index contributed by atoms with van der Waals surface area (Å²) in [6.07, 6.45) is 3.48. The third-order valence-corrected chi connectivity index (χ3v) is 4.39. The molecule has 0 amide bonds. The molecule has 0 aromatic heterocycles. The third-order valence-electron chi connectivity index (χ3n) is 4.39. The topological polar surface area (TPSA) is 41.5 Å². The van der Waals surface area contributed by atoms with Gasteiger partial charge in [-0.15, -0.1) is 0 Å². The number of nitrogens with one attached hydrogen (secondary N) is 1. The number of benzene rings is 1. The largest absolute Gasteiger partial charge is 0.389 e. The standard InChI is InChI=1S/C17H27NO2/c1-3-17(9-10-17)13-18-11-16(19)12-20-14(2)15-7-5-4-6-8-15/h4-8,14,16,18-19H,3,9-13H2,1-2H3. The van der Waals surface area contributed by atoms with E-state index in [9.17, 15) is 5.11 Å². The van der Waals surface area contributed by atoms with E-state index in [-0.39, 0.29) is 6.10 Å². The SMILES string of the molecule is CCC1(CNCC(O)COC(C)c2ccccc2)CC1. The molecule has 0 spiro atoms. The van der Waals surface area contributed by atoms with E-state index in [1.54, 1.807) is 0 Å². The smallest absolute Gasteiger partial charge is 0.0897 e. The van der Waals surface area contributed by atoms with Gasteiger partial charge in [-0.2, -0.15) is 0 Å². The third kappa shape index (κ3) is 4.58. The van der Waals surface area contributed by atoms with Crippen LogP contribution in [0.3, 0.4) is 0 Å². The molecule has 2 rings (SSSR count). The Kier molecular flexibility index (Phi) is 5.58. The van der Waals surface area contributed by atoms with Crippen molar-refractivity contribution in [2.75, 3.05) is 19.7 Å². The number of rotatable bonds is 9. The lowest BCUT2D eigenvalue weighted by Gasteiger charge is -2.19. The highest BCUT2D eigenvalue weighted by Crippen LogP contribution is 2.47. The lowest BCUT2D eigenvalue weighted by Crippen LogP contribution is -2.34. The Morgan fingerprint density at radius 1 is 1.30 bits per heavy atom. The Balaban J connectivity index is 1.61. The zero-order valence-electron chi connectivity index (χ0n) is 12.6. The first-order valence-electron chi connectivity index (χ1n) is 7.70. The molecule has 1 saturated carbocycles. The molecule has 1 aromatic rings. The van der Waals surface area contributed by atoms with Crippen molar-refractivity contribution in [3.8, 4) is 0 Å². The number of aliphatic hydroxyl groups excluding tert-OH is 1. The molecule has 0 aliphatic heterocycles. The van der Waals surface area contributed by atoms with Crippen molar-refractivity contribution in [3.05, 3.63) is 35.9 Å². The summed E-state index contributed by atoms with van der Waals surface area (Å²) in [5.41, 5.74) is 1.67. The molecule has 3 nitrogen and oxygen atoms in total. The molecule has 1 aliphatic carbocycles. The maximum Gasteiger partial charge on any atom is 0.0897 e. The van der Waals surface area contributed by atoms with Crippen LogP contribution < -0.4 is 5.32 Å². The van der Waals surface area contributed by atoms with Gasteiger partial charge in [-0.3, -0.25) is 0 Å². The molecule has 1 fully saturated rings. The summed E-state index contributed by atoms with van der Waals surface area (Å²) in [5.74, 6) is 0.